The van der Waals surface area contributed by atoms with Crippen LogP contribution < -0.4 is 4.74 Å². The number of hydrogen-bond donors (Lipinski definition) is 0. The Morgan fingerprint density at radius 2 is 1.76 bits per heavy atom. The van der Waals surface area contributed by atoms with Gasteiger partial charge >= 0.3 is 12.3 Å². The lowest BCUT2D eigenvalue weighted by atomic mass is 9.92. The second kappa shape index (κ2) is 10.3. The molecule has 1 aliphatic rings. The first-order valence-corrected chi connectivity index (χ1v) is 12.2. The number of aryl methyl sites for hydroxylation is 2. The van der Waals surface area contributed by atoms with Gasteiger partial charge in [-0.3, -0.25) is 4.90 Å². The Morgan fingerprint density at radius 3 is 2.39 bits per heavy atom. The summed E-state index contributed by atoms with van der Waals surface area (Å²) < 4.78 is 84.5. The van der Waals surface area contributed by atoms with Gasteiger partial charge in [0.15, 0.2) is 0 Å². The van der Waals surface area contributed by atoms with Crippen molar-refractivity contribution in [2.24, 2.45) is 0 Å². The van der Waals surface area contributed by atoms with Crippen molar-refractivity contribution in [1.29, 1.82) is 0 Å². The molecule has 1 amide bonds. The van der Waals surface area contributed by atoms with Gasteiger partial charge in [-0.25, -0.2) is 9.18 Å². The normalized spacial score (nSPS) is 18.9. The van der Waals surface area contributed by atoms with Crippen LogP contribution in [0.1, 0.15) is 68.9 Å². The molecule has 0 saturated carbocycles. The predicted molar refractivity (Wildman–Crippen MR) is 138 cm³/mol. The zero-order chi connectivity index (χ0) is 29.7. The minimum atomic E-state index is -4.60. The van der Waals surface area contributed by atoms with Gasteiger partial charge in [0.1, 0.15) is 17.7 Å². The molecule has 0 aliphatic carbocycles. The average molecular weight is 532 g/mol. The summed E-state index contributed by atoms with van der Waals surface area (Å²) in [6.07, 6.45) is -6.73. The number of cyclic esters (lactones) is 1. The van der Waals surface area contributed by atoms with Gasteiger partial charge in [0.2, 0.25) is 0 Å². The summed E-state index contributed by atoms with van der Waals surface area (Å²) in [6, 6.07) is 10.4. The molecule has 0 aromatic heterocycles. The van der Waals surface area contributed by atoms with E-state index in [1.807, 2.05) is 13.8 Å². The van der Waals surface area contributed by atoms with Crippen molar-refractivity contribution in [1.82, 2.24) is 4.90 Å². The van der Waals surface area contributed by atoms with Gasteiger partial charge in [0, 0.05) is 11.6 Å². The van der Waals surface area contributed by atoms with E-state index < -0.39 is 42.3 Å². The number of carbonyl (C=O) groups is 1. The number of amides is 1. The molecular weight excluding hydrogens is 498 g/mol. The highest BCUT2D eigenvalue weighted by Gasteiger charge is 2.41. The number of hydrogen-bond acceptors (Lipinski definition) is 3. The van der Waals surface area contributed by atoms with E-state index in [1.165, 1.54) is 33.1 Å². The first-order valence-electron chi connectivity index (χ1n) is 13.2. The average Bonchev–Trinajstić information content (AvgIpc) is 3.17. The van der Waals surface area contributed by atoms with Crippen LogP contribution in [0.5, 0.6) is 5.75 Å². The van der Waals surface area contributed by atoms with Crippen molar-refractivity contribution in [2.45, 2.75) is 65.4 Å². The topological polar surface area (TPSA) is 38.8 Å². The summed E-state index contributed by atoms with van der Waals surface area (Å²) in [5.41, 5.74) is 1.63. The summed E-state index contributed by atoms with van der Waals surface area (Å²) >= 11 is 0. The number of ether oxygens (including phenoxy) is 2. The number of carbonyl (C=O) groups excluding carboxylic acids is 1. The number of alkyl halides is 3. The highest BCUT2D eigenvalue weighted by atomic mass is 19.4. The summed E-state index contributed by atoms with van der Waals surface area (Å²) in [6.45, 7) is 6.03. The molecule has 1 fully saturated rings. The summed E-state index contributed by atoms with van der Waals surface area (Å²) in [7, 11) is 1.39. The third kappa shape index (κ3) is 5.35. The van der Waals surface area contributed by atoms with Crippen LogP contribution in [0.25, 0.3) is 11.1 Å². The second-order valence-electron chi connectivity index (χ2n) is 9.93. The van der Waals surface area contributed by atoms with E-state index in [0.29, 0.717) is 27.8 Å². The van der Waals surface area contributed by atoms with Crippen LogP contribution in [0.2, 0.25) is 0 Å². The van der Waals surface area contributed by atoms with Crippen molar-refractivity contribution in [3.05, 3.63) is 87.7 Å². The van der Waals surface area contributed by atoms with Gasteiger partial charge in [0.05, 0.1) is 28.0 Å². The van der Waals surface area contributed by atoms with E-state index >= 15 is 0 Å². The van der Waals surface area contributed by atoms with Crippen LogP contribution in [-0.2, 0) is 17.4 Å². The van der Waals surface area contributed by atoms with Crippen molar-refractivity contribution < 1.29 is 34.6 Å². The Kier molecular flexibility index (Phi) is 6.72. The van der Waals surface area contributed by atoms with Crippen LogP contribution in [0, 0.1) is 19.7 Å². The van der Waals surface area contributed by atoms with Crippen LogP contribution in [0.3, 0.4) is 0 Å². The number of nitrogens with zero attached hydrogens (tertiary/aromatic N) is 1. The quantitative estimate of drug-likeness (QED) is 0.300. The fourth-order valence-corrected chi connectivity index (χ4v) is 4.71. The van der Waals surface area contributed by atoms with E-state index in [1.54, 1.807) is 31.2 Å². The van der Waals surface area contributed by atoms with Crippen LogP contribution in [0.4, 0.5) is 22.4 Å². The Labute approximate surface area is 223 Å². The minimum absolute atomic E-state index is 0.108. The molecule has 0 N–H and O–H groups in total. The van der Waals surface area contributed by atoms with Gasteiger partial charge in [-0.05, 0) is 67.1 Å². The Morgan fingerprint density at radius 1 is 1.05 bits per heavy atom. The van der Waals surface area contributed by atoms with E-state index in [-0.39, 0.29) is 22.8 Å². The monoisotopic (exact) mass is 531 g/mol. The van der Waals surface area contributed by atoms with E-state index in [2.05, 4.69) is 0 Å². The highest BCUT2D eigenvalue weighted by Crippen LogP contribution is 2.40. The Bertz CT molecular complexity index is 1460. The number of halogens is 4. The SMILES string of the molecule is [2H]C([2H])(c1cc(C)ccc1-c1cc(C(C)C)c(F)cc1OC)N1C(=O)O[C@H](c2cc(C)cc(C(F)(F)F)c2)[C@@H]1C. The van der Waals surface area contributed by atoms with E-state index in [0.717, 1.165) is 17.0 Å². The van der Waals surface area contributed by atoms with Gasteiger partial charge in [0.25, 0.3) is 0 Å². The lowest BCUT2D eigenvalue weighted by Crippen LogP contribution is -2.31. The zero-order valence-electron chi connectivity index (χ0n) is 24.0. The molecule has 0 spiro atoms. The minimum Gasteiger partial charge on any atom is -0.496 e. The zero-order valence-corrected chi connectivity index (χ0v) is 22.0. The molecular formula is C30H31F4NO3. The van der Waals surface area contributed by atoms with Crippen LogP contribution >= 0.6 is 0 Å². The van der Waals surface area contributed by atoms with Gasteiger partial charge in [-0.1, -0.05) is 49.2 Å². The van der Waals surface area contributed by atoms with Crippen molar-refractivity contribution in [2.75, 3.05) is 7.11 Å². The Hall–Kier alpha value is -3.55. The number of rotatable bonds is 6. The maximum atomic E-state index is 14.8. The molecule has 8 heteroatoms. The molecule has 4 rings (SSSR count). The van der Waals surface area contributed by atoms with Crippen molar-refractivity contribution >= 4 is 6.09 Å². The van der Waals surface area contributed by atoms with Gasteiger partial charge < -0.3 is 9.47 Å². The molecule has 1 saturated heterocycles. The molecule has 4 nitrogen and oxygen atoms in total. The smallest absolute Gasteiger partial charge is 0.416 e. The summed E-state index contributed by atoms with van der Waals surface area (Å²) in [5, 5.41) is 0. The highest BCUT2D eigenvalue weighted by molar-refractivity contribution is 5.76. The van der Waals surface area contributed by atoms with E-state index in [4.69, 9.17) is 12.2 Å². The molecule has 1 aliphatic heterocycles. The third-order valence-corrected chi connectivity index (χ3v) is 6.67. The number of benzene rings is 3. The van der Waals surface area contributed by atoms with Crippen LogP contribution in [0.15, 0.2) is 48.5 Å². The lowest BCUT2D eigenvalue weighted by Gasteiger charge is -2.24. The van der Waals surface area contributed by atoms with Crippen molar-refractivity contribution in [3.8, 4) is 16.9 Å². The standard InChI is InChI=1S/C30H31F4NO3/c1-16(2)24-13-25(27(37-6)14-26(24)31)23-8-7-17(3)9-21(23)15-35-19(5)28(38-29(35)36)20-10-18(4)11-22(12-20)30(32,33)34/h7-14,16,19,28H,15H2,1-6H3/t19-,28-/m0/s1/i15D2. The summed E-state index contributed by atoms with van der Waals surface area (Å²) in [4.78, 5) is 14.1. The largest absolute Gasteiger partial charge is 0.496 e. The molecule has 2 atom stereocenters. The molecule has 0 bridgehead atoms. The molecule has 1 heterocycles. The third-order valence-electron chi connectivity index (χ3n) is 6.67. The maximum absolute atomic E-state index is 14.8. The maximum Gasteiger partial charge on any atom is 0.416 e. The van der Waals surface area contributed by atoms with E-state index in [9.17, 15) is 22.4 Å². The van der Waals surface area contributed by atoms with Gasteiger partial charge in [-0.2, -0.15) is 13.2 Å². The Balaban J connectivity index is 1.83. The first kappa shape index (κ1) is 24.8. The molecule has 3 aromatic rings. The fourth-order valence-electron chi connectivity index (χ4n) is 4.71. The van der Waals surface area contributed by atoms with Gasteiger partial charge in [-0.15, -0.1) is 0 Å². The lowest BCUT2D eigenvalue weighted by molar-refractivity contribution is -0.137. The molecule has 0 unspecified atom stereocenters. The van der Waals surface area contributed by atoms with Crippen molar-refractivity contribution in [3.63, 3.8) is 0 Å². The second-order valence-corrected chi connectivity index (χ2v) is 9.93. The first-order chi connectivity index (χ1) is 18.6. The molecule has 3 aromatic carbocycles. The fraction of sp³-hybridized carbons (Fsp3) is 0.367. The predicted octanol–water partition coefficient (Wildman–Crippen LogP) is 8.34. The molecule has 202 valence electrons. The van der Waals surface area contributed by atoms with Crippen LogP contribution in [-0.4, -0.2) is 24.1 Å². The molecule has 0 radical (unpaired) electrons. The number of methoxy groups -OCH3 is 1. The summed E-state index contributed by atoms with van der Waals surface area (Å²) in [5.74, 6) is -0.430. The molecule has 38 heavy (non-hydrogen) atoms.